The van der Waals surface area contributed by atoms with Gasteiger partial charge in [-0.1, -0.05) is 39.0 Å². The lowest BCUT2D eigenvalue weighted by atomic mass is 10.1. The molecule has 0 aliphatic carbocycles. The van der Waals surface area contributed by atoms with Crippen molar-refractivity contribution in [3.63, 3.8) is 0 Å². The Balaban J connectivity index is 4.20. The minimum atomic E-state index is -2.32. The molecule has 0 aromatic heterocycles. The summed E-state index contributed by atoms with van der Waals surface area (Å²) in [7, 11) is -5.79. The lowest BCUT2D eigenvalue weighted by Gasteiger charge is -2.38. The van der Waals surface area contributed by atoms with Crippen molar-refractivity contribution in [3.05, 3.63) is 12.2 Å². The maximum Gasteiger partial charge on any atom is 0.331 e. The minimum Gasteiger partial charge on any atom is -0.463 e. The number of hydrogen-bond acceptors (Lipinski definition) is 6. The number of hydrogen-bond donors (Lipinski definition) is 0. The van der Waals surface area contributed by atoms with Crippen LogP contribution in [0.15, 0.2) is 12.2 Å². The number of rotatable bonds is 17. The Hall–Kier alpha value is -0.749. The summed E-state index contributed by atoms with van der Waals surface area (Å²) in [5, 5.41) is 0. The Labute approximate surface area is 193 Å². The molecule has 0 aromatic carbocycles. The Morgan fingerprint density at radius 2 is 1.06 bits per heavy atom. The third kappa shape index (κ3) is 19.6. The number of esters is 2. The van der Waals surface area contributed by atoms with Gasteiger partial charge in [0.2, 0.25) is 0 Å². The molecule has 0 spiro atoms. The van der Waals surface area contributed by atoms with Crippen molar-refractivity contribution >= 4 is 37.1 Å². The number of unbranched alkanes of at least 4 members (excludes halogenated alkanes) is 5. The van der Waals surface area contributed by atoms with Gasteiger partial charge in [0.05, 0.1) is 13.2 Å². The molecule has 0 fully saturated rings. The monoisotopic (exact) mass is 490 g/mol. The highest BCUT2D eigenvalue weighted by Gasteiger charge is 2.39. The van der Waals surface area contributed by atoms with Gasteiger partial charge in [-0.15, -0.1) is 0 Å². The van der Waals surface area contributed by atoms with Gasteiger partial charge in [0.15, 0.2) is 16.6 Å². The third-order valence-electron chi connectivity index (χ3n) is 4.16. The second kappa shape index (κ2) is 15.2. The summed E-state index contributed by atoms with van der Waals surface area (Å²) in [5.41, 5.74) is 0. The molecule has 0 amide bonds. The second-order valence-corrected chi connectivity index (χ2v) is 23.0. The van der Waals surface area contributed by atoms with Gasteiger partial charge in [0.1, 0.15) is 0 Å². The number of ether oxygens (including phenoxy) is 2. The molecule has 0 aliphatic heterocycles. The van der Waals surface area contributed by atoms with Crippen LogP contribution in [0.5, 0.6) is 0 Å². The normalized spacial score (nSPS) is 12.9. The fourth-order valence-electron chi connectivity index (χ4n) is 3.27. The van der Waals surface area contributed by atoms with Gasteiger partial charge in [-0.25, -0.2) is 9.59 Å². The molecule has 0 aromatic rings. The summed E-state index contributed by atoms with van der Waals surface area (Å²) < 4.78 is 23.2. The summed E-state index contributed by atoms with van der Waals surface area (Å²) in [5.74, 6) is -1.03. The molecule has 31 heavy (non-hydrogen) atoms. The van der Waals surface area contributed by atoms with Crippen molar-refractivity contribution in [2.45, 2.75) is 104 Å². The molecular formula is C22H46O6Si3. The van der Waals surface area contributed by atoms with Crippen molar-refractivity contribution < 1.29 is 27.3 Å². The van der Waals surface area contributed by atoms with Gasteiger partial charge >= 0.3 is 20.5 Å². The standard InChI is InChI=1S/C22H46O6Si3/c1-9-10-11-12-13-14-18-25-21(23)16-17-22(24)26-19-15-20-31(8,27-29(2,3)4)28-30(5,6)7/h16-17H,9-15,18-20H2,1-8H3. The van der Waals surface area contributed by atoms with E-state index >= 15 is 0 Å². The average molecular weight is 491 g/mol. The van der Waals surface area contributed by atoms with Gasteiger partial charge in [0, 0.05) is 12.2 Å². The molecule has 0 atom stereocenters. The summed E-state index contributed by atoms with van der Waals surface area (Å²) in [6.45, 7) is 18.0. The predicted octanol–water partition coefficient (Wildman–Crippen LogP) is 6.15. The van der Waals surface area contributed by atoms with Crippen LogP contribution in [-0.4, -0.2) is 50.3 Å². The van der Waals surface area contributed by atoms with Crippen LogP contribution in [0, 0.1) is 0 Å². The summed E-state index contributed by atoms with van der Waals surface area (Å²) in [6.07, 6.45) is 9.74. The maximum absolute atomic E-state index is 11.9. The van der Waals surface area contributed by atoms with Crippen LogP contribution in [0.1, 0.15) is 51.9 Å². The van der Waals surface area contributed by atoms with Crippen molar-refractivity contribution in [1.82, 2.24) is 0 Å². The van der Waals surface area contributed by atoms with Crippen LogP contribution in [0.2, 0.25) is 51.9 Å². The van der Waals surface area contributed by atoms with Crippen LogP contribution >= 0.6 is 0 Å². The third-order valence-corrected chi connectivity index (χ3v) is 13.8. The van der Waals surface area contributed by atoms with E-state index in [1.54, 1.807) is 0 Å². The quantitative estimate of drug-likeness (QED) is 0.105. The molecule has 0 radical (unpaired) electrons. The zero-order valence-electron chi connectivity index (χ0n) is 21.2. The second-order valence-electron chi connectivity index (χ2n) is 10.1. The first-order chi connectivity index (χ1) is 14.3. The number of carbonyl (C=O) groups is 2. The van der Waals surface area contributed by atoms with Gasteiger partial charge in [-0.3, -0.25) is 0 Å². The Kier molecular flexibility index (Phi) is 14.8. The molecule has 0 saturated heterocycles. The van der Waals surface area contributed by atoms with E-state index < -0.39 is 37.1 Å². The molecule has 9 heteroatoms. The average Bonchev–Trinajstić information content (AvgIpc) is 2.59. The fraction of sp³-hybridized carbons (Fsp3) is 0.818. The first-order valence-electron chi connectivity index (χ1n) is 11.7. The van der Waals surface area contributed by atoms with E-state index in [-0.39, 0.29) is 6.61 Å². The molecule has 0 heterocycles. The minimum absolute atomic E-state index is 0.280. The Morgan fingerprint density at radius 1 is 0.645 bits per heavy atom. The predicted molar refractivity (Wildman–Crippen MR) is 134 cm³/mol. The molecule has 182 valence electrons. The van der Waals surface area contributed by atoms with Crippen molar-refractivity contribution in [3.8, 4) is 0 Å². The van der Waals surface area contributed by atoms with E-state index in [1.807, 2.05) is 0 Å². The smallest absolute Gasteiger partial charge is 0.331 e. The van der Waals surface area contributed by atoms with E-state index in [9.17, 15) is 9.59 Å². The van der Waals surface area contributed by atoms with Crippen LogP contribution in [0.4, 0.5) is 0 Å². The first kappa shape index (κ1) is 30.3. The molecule has 0 bridgehead atoms. The lowest BCUT2D eigenvalue weighted by molar-refractivity contribution is -0.140. The SMILES string of the molecule is CCCCCCCCOC(=O)C=CC(=O)OCCC[Si](C)(O[Si](C)(C)C)O[Si](C)(C)C. The van der Waals surface area contributed by atoms with Crippen LogP contribution in [0.3, 0.4) is 0 Å². The molecular weight excluding hydrogens is 444 g/mol. The summed E-state index contributed by atoms with van der Waals surface area (Å²) in [4.78, 5) is 23.5. The topological polar surface area (TPSA) is 71.1 Å². The summed E-state index contributed by atoms with van der Waals surface area (Å²) >= 11 is 0. The van der Waals surface area contributed by atoms with Crippen LogP contribution in [0.25, 0.3) is 0 Å². The zero-order chi connectivity index (χ0) is 24.0. The van der Waals surface area contributed by atoms with Gasteiger partial charge < -0.3 is 17.7 Å². The molecule has 0 N–H and O–H groups in total. The van der Waals surface area contributed by atoms with Crippen molar-refractivity contribution in [1.29, 1.82) is 0 Å². The van der Waals surface area contributed by atoms with Crippen molar-refractivity contribution in [2.24, 2.45) is 0 Å². The maximum atomic E-state index is 11.9. The highest BCUT2D eigenvalue weighted by atomic mass is 28.5. The van der Waals surface area contributed by atoms with Gasteiger partial charge in [0.25, 0.3) is 0 Å². The Morgan fingerprint density at radius 3 is 1.52 bits per heavy atom. The van der Waals surface area contributed by atoms with E-state index in [0.717, 1.165) is 31.0 Å². The Bertz CT molecular complexity index is 536. The van der Waals surface area contributed by atoms with E-state index in [1.165, 1.54) is 25.7 Å². The first-order valence-corrected chi connectivity index (χ1v) is 21.0. The van der Waals surface area contributed by atoms with E-state index in [4.69, 9.17) is 17.7 Å². The summed E-state index contributed by atoms with van der Waals surface area (Å²) in [6, 6.07) is 0.777. The van der Waals surface area contributed by atoms with E-state index in [2.05, 4.69) is 52.8 Å². The van der Waals surface area contributed by atoms with Crippen molar-refractivity contribution in [2.75, 3.05) is 13.2 Å². The van der Waals surface area contributed by atoms with Crippen LogP contribution in [-0.2, 0) is 27.3 Å². The molecule has 6 nitrogen and oxygen atoms in total. The molecule has 0 rings (SSSR count). The van der Waals surface area contributed by atoms with Gasteiger partial charge in [-0.2, -0.15) is 0 Å². The molecule has 0 unspecified atom stereocenters. The highest BCUT2D eigenvalue weighted by Crippen LogP contribution is 2.25. The largest absolute Gasteiger partial charge is 0.463 e. The number of carbonyl (C=O) groups excluding carboxylic acids is 2. The van der Waals surface area contributed by atoms with Crippen LogP contribution < -0.4 is 0 Å². The van der Waals surface area contributed by atoms with E-state index in [0.29, 0.717) is 13.0 Å². The van der Waals surface area contributed by atoms with Gasteiger partial charge in [-0.05, 0) is 64.7 Å². The molecule has 0 saturated carbocycles. The fourth-order valence-corrected chi connectivity index (χ4v) is 15.8. The lowest BCUT2D eigenvalue weighted by Crippen LogP contribution is -2.52. The zero-order valence-corrected chi connectivity index (χ0v) is 24.2. The highest BCUT2D eigenvalue weighted by molar-refractivity contribution is 6.87. The molecule has 0 aliphatic rings.